The number of benzene rings is 1. The van der Waals surface area contributed by atoms with E-state index in [-0.39, 0.29) is 11.2 Å². The molecule has 2 heterocycles. The van der Waals surface area contributed by atoms with Gasteiger partial charge in [-0.1, -0.05) is 12.1 Å². The first-order valence-electron chi connectivity index (χ1n) is 5.80. The summed E-state index contributed by atoms with van der Waals surface area (Å²) in [5, 5.41) is 4.44. The van der Waals surface area contributed by atoms with Crippen LogP contribution in [0.25, 0.3) is 0 Å². The summed E-state index contributed by atoms with van der Waals surface area (Å²) >= 11 is 3.47. The molecule has 0 radical (unpaired) electrons. The Kier molecular flexibility index (Phi) is 3.14. The number of hydrogen-bond donors (Lipinski definition) is 0. The molecule has 0 fully saturated rings. The first-order chi connectivity index (χ1) is 8.75. The van der Waals surface area contributed by atoms with Crippen molar-refractivity contribution in [1.29, 1.82) is 0 Å². The van der Waals surface area contributed by atoms with Gasteiger partial charge < -0.3 is 4.90 Å². The van der Waals surface area contributed by atoms with Gasteiger partial charge in [0.2, 0.25) is 5.91 Å². The summed E-state index contributed by atoms with van der Waals surface area (Å²) < 4.78 is 0. The van der Waals surface area contributed by atoms with Gasteiger partial charge in [-0.25, -0.2) is 0 Å². The van der Waals surface area contributed by atoms with Crippen LogP contribution in [0.5, 0.6) is 0 Å². The lowest BCUT2D eigenvalue weighted by atomic mass is 10.1. The smallest absolute Gasteiger partial charge is 0.228 e. The van der Waals surface area contributed by atoms with Gasteiger partial charge in [0.15, 0.2) is 0 Å². The van der Waals surface area contributed by atoms with Crippen molar-refractivity contribution in [2.24, 2.45) is 0 Å². The molecule has 0 spiro atoms. The topological polar surface area (TPSA) is 20.3 Å². The SMILES string of the molecule is CN1C(=O)C[C@@H](c2ccsc2)Sc2ccccc21. The fourth-order valence-electron chi connectivity index (χ4n) is 2.10. The van der Waals surface area contributed by atoms with Gasteiger partial charge >= 0.3 is 0 Å². The second-order valence-corrected chi connectivity index (χ2v) is 6.31. The largest absolute Gasteiger partial charge is 0.314 e. The summed E-state index contributed by atoms with van der Waals surface area (Å²) in [6.45, 7) is 0. The number of anilines is 1. The Morgan fingerprint density at radius 2 is 2.11 bits per heavy atom. The molecule has 92 valence electrons. The maximum absolute atomic E-state index is 12.2. The number of nitrogens with zero attached hydrogens (tertiary/aromatic N) is 1. The van der Waals surface area contributed by atoms with Gasteiger partial charge in [0.05, 0.1) is 5.69 Å². The van der Waals surface area contributed by atoms with Gasteiger partial charge in [-0.3, -0.25) is 4.79 Å². The van der Waals surface area contributed by atoms with E-state index in [9.17, 15) is 4.79 Å². The van der Waals surface area contributed by atoms with Crippen LogP contribution in [0.15, 0.2) is 46.0 Å². The summed E-state index contributed by atoms with van der Waals surface area (Å²) in [7, 11) is 1.86. The van der Waals surface area contributed by atoms with Gasteiger partial charge in [0.1, 0.15) is 0 Å². The third-order valence-corrected chi connectivity index (χ3v) is 5.17. The molecule has 18 heavy (non-hydrogen) atoms. The van der Waals surface area contributed by atoms with Crippen molar-refractivity contribution in [2.75, 3.05) is 11.9 Å². The molecule has 4 heteroatoms. The Morgan fingerprint density at radius 3 is 2.89 bits per heavy atom. The van der Waals surface area contributed by atoms with E-state index in [2.05, 4.69) is 22.9 Å². The van der Waals surface area contributed by atoms with Crippen molar-refractivity contribution >= 4 is 34.7 Å². The summed E-state index contributed by atoms with van der Waals surface area (Å²) in [6, 6.07) is 10.2. The van der Waals surface area contributed by atoms with Crippen LogP contribution in [-0.2, 0) is 4.79 Å². The van der Waals surface area contributed by atoms with Crippen LogP contribution in [0.2, 0.25) is 0 Å². The standard InChI is InChI=1S/C14H13NOS2/c1-15-11-4-2-3-5-12(11)18-13(8-14(15)16)10-6-7-17-9-10/h2-7,9,13H,8H2,1H3/t13-/m0/s1. The number of fused-ring (bicyclic) bond motifs is 1. The van der Waals surface area contributed by atoms with E-state index in [0.29, 0.717) is 6.42 Å². The van der Waals surface area contributed by atoms with Gasteiger partial charge in [-0.2, -0.15) is 11.3 Å². The number of carbonyl (C=O) groups excluding carboxylic acids is 1. The monoisotopic (exact) mass is 275 g/mol. The van der Waals surface area contributed by atoms with Crippen molar-refractivity contribution < 1.29 is 4.79 Å². The molecule has 0 saturated heterocycles. The lowest BCUT2D eigenvalue weighted by molar-refractivity contribution is -0.118. The molecule has 0 N–H and O–H groups in total. The zero-order chi connectivity index (χ0) is 12.5. The highest BCUT2D eigenvalue weighted by molar-refractivity contribution is 7.99. The number of hydrogen-bond acceptors (Lipinski definition) is 3. The zero-order valence-corrected chi connectivity index (χ0v) is 11.6. The van der Waals surface area contributed by atoms with E-state index in [0.717, 1.165) is 5.69 Å². The predicted octanol–water partition coefficient (Wildman–Crippen LogP) is 3.95. The molecular formula is C14H13NOS2. The quantitative estimate of drug-likeness (QED) is 0.785. The molecular weight excluding hydrogens is 262 g/mol. The van der Waals surface area contributed by atoms with E-state index in [4.69, 9.17) is 0 Å². The van der Waals surface area contributed by atoms with E-state index in [1.165, 1.54) is 10.5 Å². The molecule has 0 aliphatic carbocycles. The number of para-hydroxylation sites is 1. The van der Waals surface area contributed by atoms with Crippen LogP contribution in [0.1, 0.15) is 17.2 Å². The zero-order valence-electron chi connectivity index (χ0n) is 10.00. The number of thiophene rings is 1. The van der Waals surface area contributed by atoms with Gasteiger partial charge in [-0.15, -0.1) is 11.8 Å². The van der Waals surface area contributed by atoms with E-state index < -0.39 is 0 Å². The van der Waals surface area contributed by atoms with Crippen LogP contribution in [0.3, 0.4) is 0 Å². The summed E-state index contributed by atoms with van der Waals surface area (Å²) in [5.41, 5.74) is 2.27. The molecule has 1 amide bonds. The number of carbonyl (C=O) groups is 1. The van der Waals surface area contributed by atoms with E-state index >= 15 is 0 Å². The number of amides is 1. The third-order valence-electron chi connectivity index (χ3n) is 3.14. The Morgan fingerprint density at radius 1 is 1.28 bits per heavy atom. The maximum Gasteiger partial charge on any atom is 0.228 e. The fraction of sp³-hybridized carbons (Fsp3) is 0.214. The molecule has 1 aromatic heterocycles. The number of thioether (sulfide) groups is 1. The Balaban J connectivity index is 2.02. The van der Waals surface area contributed by atoms with Crippen molar-refractivity contribution in [3.63, 3.8) is 0 Å². The highest BCUT2D eigenvalue weighted by atomic mass is 32.2. The number of rotatable bonds is 1. The molecule has 2 aromatic rings. The molecule has 1 aromatic carbocycles. The van der Waals surface area contributed by atoms with E-state index in [1.807, 2.05) is 25.2 Å². The molecule has 0 unspecified atom stereocenters. The highest BCUT2D eigenvalue weighted by Gasteiger charge is 2.26. The van der Waals surface area contributed by atoms with Gasteiger partial charge in [0.25, 0.3) is 0 Å². The van der Waals surface area contributed by atoms with Crippen molar-refractivity contribution in [3.8, 4) is 0 Å². The first kappa shape index (κ1) is 11.8. The minimum absolute atomic E-state index is 0.184. The Hall–Kier alpha value is -1.26. The highest BCUT2D eigenvalue weighted by Crippen LogP contribution is 2.45. The normalized spacial score (nSPS) is 19.5. The second kappa shape index (κ2) is 4.78. The minimum atomic E-state index is 0.184. The fourth-order valence-corrected chi connectivity index (χ4v) is 4.20. The van der Waals surface area contributed by atoms with Crippen molar-refractivity contribution in [3.05, 3.63) is 46.7 Å². The van der Waals surface area contributed by atoms with Crippen LogP contribution < -0.4 is 4.90 Å². The lowest BCUT2D eigenvalue weighted by Gasteiger charge is -2.16. The lowest BCUT2D eigenvalue weighted by Crippen LogP contribution is -2.25. The molecule has 1 atom stereocenters. The predicted molar refractivity (Wildman–Crippen MR) is 77.4 cm³/mol. The average Bonchev–Trinajstić information content (AvgIpc) is 2.87. The average molecular weight is 275 g/mol. The van der Waals surface area contributed by atoms with Crippen molar-refractivity contribution in [1.82, 2.24) is 0 Å². The molecule has 0 bridgehead atoms. The first-order valence-corrected chi connectivity index (χ1v) is 7.62. The second-order valence-electron chi connectivity index (χ2n) is 4.29. The Bertz CT molecular complexity index is 565. The Labute approximate surface area is 115 Å². The molecule has 0 saturated carbocycles. The third kappa shape index (κ3) is 2.06. The van der Waals surface area contributed by atoms with Crippen LogP contribution in [0.4, 0.5) is 5.69 Å². The molecule has 3 rings (SSSR count). The van der Waals surface area contributed by atoms with Crippen LogP contribution in [-0.4, -0.2) is 13.0 Å². The summed E-state index contributed by atoms with van der Waals surface area (Å²) in [5.74, 6) is 0.184. The molecule has 1 aliphatic rings. The molecule has 1 aliphatic heterocycles. The van der Waals surface area contributed by atoms with Gasteiger partial charge in [0, 0.05) is 23.6 Å². The maximum atomic E-state index is 12.2. The summed E-state index contributed by atoms with van der Waals surface area (Å²) in [6.07, 6.45) is 0.562. The van der Waals surface area contributed by atoms with E-state index in [1.54, 1.807) is 28.0 Å². The van der Waals surface area contributed by atoms with Crippen LogP contribution >= 0.6 is 23.1 Å². The van der Waals surface area contributed by atoms with Crippen LogP contribution in [0, 0.1) is 0 Å². The van der Waals surface area contributed by atoms with Crippen molar-refractivity contribution in [2.45, 2.75) is 16.6 Å². The summed E-state index contributed by atoms with van der Waals surface area (Å²) in [4.78, 5) is 15.2. The molecule has 2 nitrogen and oxygen atoms in total. The minimum Gasteiger partial charge on any atom is -0.314 e. The van der Waals surface area contributed by atoms with Gasteiger partial charge in [-0.05, 0) is 34.5 Å².